The second-order valence-corrected chi connectivity index (χ2v) is 9.00. The normalized spacial score (nSPS) is 22.6. The molecule has 152 valence electrons. The summed E-state index contributed by atoms with van der Waals surface area (Å²) in [6.45, 7) is 3.82. The van der Waals surface area contributed by atoms with Crippen molar-refractivity contribution in [3.8, 4) is 0 Å². The standard InChI is InChI=1S/C21H28N2O4S/c1-12-13(2)28-20(17(12)19(25)22-14-8-4-3-5-9-14)23-18(24)15-10-6-7-11-16(15)21(26)27/h6-7,14-16H,3-5,8-11H2,1-2H3,(H,22,25)(H,23,24)(H,26,27)/t15-,16+/m0/s1. The van der Waals surface area contributed by atoms with Crippen LogP contribution in [-0.2, 0) is 9.59 Å². The second-order valence-electron chi connectivity index (χ2n) is 7.78. The maximum absolute atomic E-state index is 12.9. The van der Waals surface area contributed by atoms with Crippen molar-refractivity contribution in [2.75, 3.05) is 5.32 Å². The van der Waals surface area contributed by atoms with Crippen LogP contribution in [0.4, 0.5) is 5.00 Å². The number of rotatable bonds is 5. The summed E-state index contributed by atoms with van der Waals surface area (Å²) in [6.07, 6.45) is 9.86. The first-order valence-corrected chi connectivity index (χ1v) is 10.8. The Labute approximate surface area is 169 Å². The van der Waals surface area contributed by atoms with Crippen LogP contribution in [0, 0.1) is 25.7 Å². The summed E-state index contributed by atoms with van der Waals surface area (Å²) >= 11 is 1.38. The van der Waals surface area contributed by atoms with Crippen molar-refractivity contribution < 1.29 is 19.5 Å². The van der Waals surface area contributed by atoms with E-state index in [-0.39, 0.29) is 17.9 Å². The van der Waals surface area contributed by atoms with Crippen LogP contribution in [0.1, 0.15) is 65.7 Å². The summed E-state index contributed by atoms with van der Waals surface area (Å²) in [5, 5.41) is 15.9. The number of hydrogen-bond donors (Lipinski definition) is 3. The van der Waals surface area contributed by atoms with Gasteiger partial charge in [-0.2, -0.15) is 0 Å². The van der Waals surface area contributed by atoms with Gasteiger partial charge < -0.3 is 15.7 Å². The molecule has 0 spiro atoms. The Hall–Kier alpha value is -2.15. The summed E-state index contributed by atoms with van der Waals surface area (Å²) in [4.78, 5) is 38.2. The second kappa shape index (κ2) is 8.90. The van der Waals surface area contributed by atoms with Crippen molar-refractivity contribution in [3.05, 3.63) is 28.2 Å². The van der Waals surface area contributed by atoms with E-state index >= 15 is 0 Å². The summed E-state index contributed by atoms with van der Waals surface area (Å²) in [7, 11) is 0. The van der Waals surface area contributed by atoms with E-state index in [0.29, 0.717) is 23.4 Å². The number of hydrogen-bond acceptors (Lipinski definition) is 4. The molecule has 2 atom stereocenters. The van der Waals surface area contributed by atoms with Crippen LogP contribution in [0.3, 0.4) is 0 Å². The van der Waals surface area contributed by atoms with Gasteiger partial charge in [0.25, 0.3) is 5.91 Å². The summed E-state index contributed by atoms with van der Waals surface area (Å²) in [5.74, 6) is -2.79. The number of carbonyl (C=O) groups is 3. The lowest BCUT2D eigenvalue weighted by Crippen LogP contribution is -2.37. The fraction of sp³-hybridized carbons (Fsp3) is 0.571. The number of carbonyl (C=O) groups excluding carboxylic acids is 2. The van der Waals surface area contributed by atoms with Crippen LogP contribution >= 0.6 is 11.3 Å². The quantitative estimate of drug-likeness (QED) is 0.646. The van der Waals surface area contributed by atoms with Crippen LogP contribution in [0.15, 0.2) is 12.2 Å². The van der Waals surface area contributed by atoms with E-state index in [1.54, 1.807) is 0 Å². The number of anilines is 1. The van der Waals surface area contributed by atoms with Crippen molar-refractivity contribution in [1.82, 2.24) is 5.32 Å². The molecule has 0 bridgehead atoms. The Morgan fingerprint density at radius 3 is 2.32 bits per heavy atom. The van der Waals surface area contributed by atoms with Crippen molar-refractivity contribution in [2.45, 2.75) is 64.8 Å². The molecular formula is C21H28N2O4S. The highest BCUT2D eigenvalue weighted by Crippen LogP contribution is 2.35. The maximum Gasteiger partial charge on any atom is 0.307 e. The third-order valence-electron chi connectivity index (χ3n) is 5.88. The number of carboxylic acid groups (broad SMARTS) is 1. The molecule has 1 saturated carbocycles. The van der Waals surface area contributed by atoms with Gasteiger partial charge in [-0.25, -0.2) is 0 Å². The van der Waals surface area contributed by atoms with Crippen molar-refractivity contribution >= 4 is 34.1 Å². The largest absolute Gasteiger partial charge is 0.481 e. The van der Waals surface area contributed by atoms with Gasteiger partial charge in [0.1, 0.15) is 5.00 Å². The van der Waals surface area contributed by atoms with Gasteiger partial charge in [-0.05, 0) is 45.1 Å². The number of allylic oxidation sites excluding steroid dienone is 2. The summed E-state index contributed by atoms with van der Waals surface area (Å²) in [5.41, 5.74) is 1.38. The molecule has 0 saturated heterocycles. The molecule has 3 rings (SSSR count). The molecule has 3 N–H and O–H groups in total. The molecule has 28 heavy (non-hydrogen) atoms. The Morgan fingerprint density at radius 2 is 1.68 bits per heavy atom. The SMILES string of the molecule is Cc1sc(NC(=O)[C@H]2CC=CC[C@H]2C(=O)O)c(C(=O)NC2CCCCC2)c1C. The Bertz CT molecular complexity index is 793. The van der Waals surface area contributed by atoms with Gasteiger partial charge in [-0.15, -0.1) is 11.3 Å². The molecule has 1 aromatic heterocycles. The van der Waals surface area contributed by atoms with Gasteiger partial charge in [-0.3, -0.25) is 14.4 Å². The van der Waals surface area contributed by atoms with E-state index in [2.05, 4.69) is 10.6 Å². The van der Waals surface area contributed by atoms with Crippen LogP contribution in [0.2, 0.25) is 0 Å². The Kier molecular flexibility index (Phi) is 6.54. The van der Waals surface area contributed by atoms with Crippen molar-refractivity contribution in [1.29, 1.82) is 0 Å². The number of carboxylic acids is 1. The van der Waals surface area contributed by atoms with Crippen LogP contribution < -0.4 is 10.6 Å². The number of aryl methyl sites for hydroxylation is 1. The molecule has 0 radical (unpaired) electrons. The first-order chi connectivity index (χ1) is 13.4. The van der Waals surface area contributed by atoms with Gasteiger partial charge in [0.2, 0.25) is 5.91 Å². The Balaban J connectivity index is 1.77. The molecule has 2 aliphatic rings. The van der Waals surface area contributed by atoms with Crippen molar-refractivity contribution in [3.63, 3.8) is 0 Å². The minimum Gasteiger partial charge on any atom is -0.481 e. The van der Waals surface area contributed by atoms with Crippen molar-refractivity contribution in [2.24, 2.45) is 11.8 Å². The number of amides is 2. The molecule has 0 unspecified atom stereocenters. The fourth-order valence-corrected chi connectivity index (χ4v) is 5.14. The zero-order valence-corrected chi connectivity index (χ0v) is 17.2. The minimum atomic E-state index is -0.960. The number of aliphatic carboxylic acids is 1. The van der Waals surface area contributed by atoms with E-state index in [4.69, 9.17) is 0 Å². The highest BCUT2D eigenvalue weighted by Gasteiger charge is 2.35. The topological polar surface area (TPSA) is 95.5 Å². The third-order valence-corrected chi connectivity index (χ3v) is 7.00. The third kappa shape index (κ3) is 4.46. The minimum absolute atomic E-state index is 0.151. The smallest absolute Gasteiger partial charge is 0.307 e. The van der Waals surface area contributed by atoms with Crippen LogP contribution in [0.5, 0.6) is 0 Å². The van der Waals surface area contributed by atoms with Gasteiger partial charge >= 0.3 is 5.97 Å². The molecule has 0 aromatic carbocycles. The first kappa shape index (κ1) is 20.6. The van der Waals surface area contributed by atoms with E-state index in [9.17, 15) is 19.5 Å². The molecule has 2 amide bonds. The van der Waals surface area contributed by atoms with E-state index in [1.165, 1.54) is 17.8 Å². The zero-order valence-electron chi connectivity index (χ0n) is 16.4. The van der Waals surface area contributed by atoms with Gasteiger partial charge in [-0.1, -0.05) is 31.4 Å². The molecule has 7 heteroatoms. The van der Waals surface area contributed by atoms with E-state index < -0.39 is 17.8 Å². The average Bonchev–Trinajstić information content (AvgIpc) is 2.96. The molecule has 1 heterocycles. The van der Waals surface area contributed by atoms with E-state index in [0.717, 1.165) is 36.1 Å². The lowest BCUT2D eigenvalue weighted by molar-refractivity contribution is -0.146. The lowest BCUT2D eigenvalue weighted by atomic mass is 9.82. The van der Waals surface area contributed by atoms with Gasteiger partial charge in [0, 0.05) is 10.9 Å². The molecule has 2 aliphatic carbocycles. The molecule has 0 aliphatic heterocycles. The molecular weight excluding hydrogens is 376 g/mol. The van der Waals surface area contributed by atoms with Crippen LogP contribution in [0.25, 0.3) is 0 Å². The molecule has 1 aromatic rings. The van der Waals surface area contributed by atoms with Gasteiger partial charge in [0.05, 0.1) is 17.4 Å². The summed E-state index contributed by atoms with van der Waals surface area (Å²) < 4.78 is 0. The maximum atomic E-state index is 12.9. The monoisotopic (exact) mass is 404 g/mol. The van der Waals surface area contributed by atoms with Crippen LogP contribution in [-0.4, -0.2) is 28.9 Å². The van der Waals surface area contributed by atoms with Gasteiger partial charge in [0.15, 0.2) is 0 Å². The number of nitrogens with one attached hydrogen (secondary N) is 2. The highest BCUT2D eigenvalue weighted by molar-refractivity contribution is 7.16. The summed E-state index contributed by atoms with van der Waals surface area (Å²) in [6, 6.07) is 0.185. The predicted molar refractivity (Wildman–Crippen MR) is 110 cm³/mol. The van der Waals surface area contributed by atoms with E-state index in [1.807, 2.05) is 26.0 Å². The zero-order chi connectivity index (χ0) is 20.3. The predicted octanol–water partition coefficient (Wildman–Crippen LogP) is 4.03. The lowest BCUT2D eigenvalue weighted by Gasteiger charge is -2.25. The highest BCUT2D eigenvalue weighted by atomic mass is 32.1. The Morgan fingerprint density at radius 1 is 1.04 bits per heavy atom. The fourth-order valence-electron chi connectivity index (χ4n) is 4.07. The molecule has 6 nitrogen and oxygen atoms in total. The first-order valence-electron chi connectivity index (χ1n) is 9.98. The number of thiophene rings is 1. The average molecular weight is 405 g/mol. The molecule has 1 fully saturated rings.